The van der Waals surface area contributed by atoms with Crippen molar-refractivity contribution in [2.75, 3.05) is 0 Å². The van der Waals surface area contributed by atoms with Crippen LogP contribution in [0.1, 0.15) is 24.7 Å². The molecule has 1 saturated carbocycles. The second-order valence-corrected chi connectivity index (χ2v) is 4.60. The molecule has 4 heteroatoms. The summed E-state index contributed by atoms with van der Waals surface area (Å²) in [7, 11) is 0. The number of hydrogen-bond donors (Lipinski definition) is 2. The van der Waals surface area contributed by atoms with E-state index in [1.54, 1.807) is 6.07 Å². The first kappa shape index (κ1) is 10.7. The van der Waals surface area contributed by atoms with Crippen LogP contribution in [0.5, 0.6) is 0 Å². The molecule has 0 aliphatic heterocycles. The average molecular weight is 236 g/mol. The highest BCUT2D eigenvalue weighted by Gasteiger charge is 2.36. The Hall–Kier alpha value is -1.39. The number of aliphatic hydroxyl groups is 2. The van der Waals surface area contributed by atoms with E-state index in [0.29, 0.717) is 16.7 Å². The van der Waals surface area contributed by atoms with E-state index in [2.05, 4.69) is 0 Å². The summed E-state index contributed by atoms with van der Waals surface area (Å²) >= 11 is 0. The van der Waals surface area contributed by atoms with Crippen LogP contribution in [0.15, 0.2) is 28.7 Å². The Bertz CT molecular complexity index is 545. The fourth-order valence-corrected chi connectivity index (χ4v) is 2.04. The van der Waals surface area contributed by atoms with Crippen LogP contribution in [0.4, 0.5) is 4.39 Å². The number of halogens is 1. The van der Waals surface area contributed by atoms with Crippen LogP contribution in [-0.2, 0) is 0 Å². The second-order valence-electron chi connectivity index (χ2n) is 4.60. The first-order valence-corrected chi connectivity index (χ1v) is 5.70. The van der Waals surface area contributed by atoms with E-state index in [1.807, 2.05) is 0 Å². The Morgan fingerprint density at radius 2 is 2.00 bits per heavy atom. The van der Waals surface area contributed by atoms with Crippen molar-refractivity contribution in [3.8, 4) is 0 Å². The van der Waals surface area contributed by atoms with Crippen LogP contribution in [0.3, 0.4) is 0 Å². The molecular formula is C13H13FO3. The Balaban J connectivity index is 1.94. The van der Waals surface area contributed by atoms with Gasteiger partial charge >= 0.3 is 0 Å². The number of benzene rings is 1. The van der Waals surface area contributed by atoms with Crippen LogP contribution >= 0.6 is 0 Å². The van der Waals surface area contributed by atoms with Gasteiger partial charge in [0.1, 0.15) is 23.3 Å². The molecule has 1 heterocycles. The number of fused-ring (bicyclic) bond motifs is 1. The summed E-state index contributed by atoms with van der Waals surface area (Å²) in [5.74, 6) is 0.113. The van der Waals surface area contributed by atoms with E-state index in [-0.39, 0.29) is 11.7 Å². The molecule has 3 nitrogen and oxygen atoms in total. The first-order chi connectivity index (χ1) is 8.15. The lowest BCUT2D eigenvalue weighted by atomic mass is 10.1. The molecule has 2 atom stereocenters. The minimum absolute atomic E-state index is 0.162. The van der Waals surface area contributed by atoms with Gasteiger partial charge in [-0.1, -0.05) is 0 Å². The quantitative estimate of drug-likeness (QED) is 0.860. The molecule has 1 fully saturated rings. The molecule has 0 saturated heterocycles. The molecule has 2 N–H and O–H groups in total. The zero-order chi connectivity index (χ0) is 12.0. The van der Waals surface area contributed by atoms with Gasteiger partial charge in [0.15, 0.2) is 0 Å². The van der Waals surface area contributed by atoms with E-state index in [1.165, 1.54) is 18.2 Å². The Kier molecular flexibility index (Phi) is 2.42. The number of aliphatic hydroxyl groups excluding tert-OH is 2. The summed E-state index contributed by atoms with van der Waals surface area (Å²) in [5.41, 5.74) is 0.517. The van der Waals surface area contributed by atoms with Gasteiger partial charge in [0, 0.05) is 5.39 Å². The van der Waals surface area contributed by atoms with Crippen molar-refractivity contribution in [1.82, 2.24) is 0 Å². The minimum Gasteiger partial charge on any atom is -0.458 e. The topological polar surface area (TPSA) is 53.6 Å². The summed E-state index contributed by atoms with van der Waals surface area (Å²) in [4.78, 5) is 0. The summed E-state index contributed by atoms with van der Waals surface area (Å²) < 4.78 is 18.4. The van der Waals surface area contributed by atoms with Gasteiger partial charge in [-0.05, 0) is 43.0 Å². The van der Waals surface area contributed by atoms with Crippen molar-refractivity contribution in [1.29, 1.82) is 0 Å². The molecule has 0 bridgehead atoms. The molecule has 17 heavy (non-hydrogen) atoms. The molecule has 1 aliphatic carbocycles. The first-order valence-electron chi connectivity index (χ1n) is 5.70. The van der Waals surface area contributed by atoms with Crippen molar-refractivity contribution < 1.29 is 19.0 Å². The molecule has 0 spiro atoms. The zero-order valence-corrected chi connectivity index (χ0v) is 9.14. The molecule has 2 unspecified atom stereocenters. The normalized spacial score (nSPS) is 19.5. The van der Waals surface area contributed by atoms with Gasteiger partial charge in [-0.25, -0.2) is 4.39 Å². The van der Waals surface area contributed by atoms with Crippen LogP contribution in [-0.4, -0.2) is 16.3 Å². The molecular weight excluding hydrogens is 223 g/mol. The maximum absolute atomic E-state index is 13.0. The monoisotopic (exact) mass is 236 g/mol. The molecule has 90 valence electrons. The van der Waals surface area contributed by atoms with Crippen LogP contribution < -0.4 is 0 Å². The number of furan rings is 1. The third kappa shape index (κ3) is 1.94. The lowest BCUT2D eigenvalue weighted by molar-refractivity contribution is -0.00632. The number of rotatable bonds is 3. The fourth-order valence-electron chi connectivity index (χ4n) is 2.04. The predicted octanol–water partition coefficient (Wildman–Crippen LogP) is 2.38. The molecule has 3 rings (SSSR count). The molecule has 0 radical (unpaired) electrons. The van der Waals surface area contributed by atoms with Crippen LogP contribution in [0, 0.1) is 11.7 Å². The fraction of sp³-hybridized carbons (Fsp3) is 0.385. The zero-order valence-electron chi connectivity index (χ0n) is 9.14. The van der Waals surface area contributed by atoms with E-state index < -0.39 is 12.2 Å². The van der Waals surface area contributed by atoms with E-state index in [4.69, 9.17) is 4.42 Å². The summed E-state index contributed by atoms with van der Waals surface area (Å²) in [6, 6.07) is 5.75. The van der Waals surface area contributed by atoms with Gasteiger partial charge in [0.05, 0.1) is 6.10 Å². The van der Waals surface area contributed by atoms with Gasteiger partial charge in [0.2, 0.25) is 0 Å². The Morgan fingerprint density at radius 3 is 2.71 bits per heavy atom. The van der Waals surface area contributed by atoms with Crippen molar-refractivity contribution in [2.45, 2.75) is 25.0 Å². The van der Waals surface area contributed by atoms with Crippen molar-refractivity contribution >= 4 is 11.0 Å². The summed E-state index contributed by atoms with van der Waals surface area (Å²) in [6.07, 6.45) is 0.0542. The van der Waals surface area contributed by atoms with Crippen molar-refractivity contribution in [2.24, 2.45) is 5.92 Å². The summed E-state index contributed by atoms with van der Waals surface area (Å²) in [5, 5.41) is 20.3. The molecule has 1 aromatic heterocycles. The maximum atomic E-state index is 13.0. The molecule has 1 aromatic carbocycles. The van der Waals surface area contributed by atoms with Gasteiger partial charge in [0.25, 0.3) is 0 Å². The van der Waals surface area contributed by atoms with Crippen molar-refractivity contribution in [3.05, 3.63) is 35.8 Å². The third-order valence-corrected chi connectivity index (χ3v) is 3.22. The SMILES string of the molecule is OC(c1cc2cc(F)ccc2o1)C(O)C1CC1. The number of hydrogen-bond acceptors (Lipinski definition) is 3. The standard InChI is InChI=1S/C13H13FO3/c14-9-3-4-10-8(5-9)6-11(17-10)13(16)12(15)7-1-2-7/h3-7,12-13,15-16H,1-2H2. The predicted molar refractivity (Wildman–Crippen MR) is 59.9 cm³/mol. The average Bonchev–Trinajstić information content (AvgIpc) is 3.07. The van der Waals surface area contributed by atoms with Gasteiger partial charge in [-0.3, -0.25) is 0 Å². The smallest absolute Gasteiger partial charge is 0.138 e. The van der Waals surface area contributed by atoms with E-state index in [0.717, 1.165) is 12.8 Å². The molecule has 0 amide bonds. The van der Waals surface area contributed by atoms with Crippen LogP contribution in [0.2, 0.25) is 0 Å². The van der Waals surface area contributed by atoms with E-state index >= 15 is 0 Å². The molecule has 2 aromatic rings. The minimum atomic E-state index is -1.03. The van der Waals surface area contributed by atoms with Gasteiger partial charge in [-0.2, -0.15) is 0 Å². The highest BCUT2D eigenvalue weighted by molar-refractivity contribution is 5.77. The Labute approximate surface area is 97.5 Å². The van der Waals surface area contributed by atoms with Crippen molar-refractivity contribution in [3.63, 3.8) is 0 Å². The van der Waals surface area contributed by atoms with Gasteiger partial charge in [-0.15, -0.1) is 0 Å². The largest absolute Gasteiger partial charge is 0.458 e. The van der Waals surface area contributed by atoms with E-state index in [9.17, 15) is 14.6 Å². The lowest BCUT2D eigenvalue weighted by Crippen LogP contribution is -2.19. The summed E-state index contributed by atoms with van der Waals surface area (Å²) in [6.45, 7) is 0. The molecule has 1 aliphatic rings. The highest BCUT2D eigenvalue weighted by Crippen LogP contribution is 2.39. The van der Waals surface area contributed by atoms with Gasteiger partial charge < -0.3 is 14.6 Å². The second kappa shape index (κ2) is 3.82. The maximum Gasteiger partial charge on any atom is 0.138 e. The van der Waals surface area contributed by atoms with Crippen LogP contribution in [0.25, 0.3) is 11.0 Å². The Morgan fingerprint density at radius 1 is 1.24 bits per heavy atom. The third-order valence-electron chi connectivity index (χ3n) is 3.22. The highest BCUT2D eigenvalue weighted by atomic mass is 19.1. The lowest BCUT2D eigenvalue weighted by Gasteiger charge is -2.14.